The van der Waals surface area contributed by atoms with Gasteiger partial charge in [0, 0.05) is 11.6 Å². The Bertz CT molecular complexity index is 363. The standard InChI is InChI=1S/C12H15ClO3/c1-3-4-5-16-11-7-9(12(13)14)6-10(8-11)15-2/h6-8H,3-5H2,1-2H3. The van der Waals surface area contributed by atoms with Crippen molar-refractivity contribution in [3.63, 3.8) is 0 Å². The number of methoxy groups -OCH3 is 1. The van der Waals surface area contributed by atoms with Gasteiger partial charge in [0.05, 0.1) is 13.7 Å². The van der Waals surface area contributed by atoms with Crippen LogP contribution in [0.15, 0.2) is 18.2 Å². The zero-order valence-electron chi connectivity index (χ0n) is 9.46. The molecular weight excluding hydrogens is 228 g/mol. The van der Waals surface area contributed by atoms with Crippen LogP contribution in [0.5, 0.6) is 11.5 Å². The van der Waals surface area contributed by atoms with Gasteiger partial charge in [-0.3, -0.25) is 4.79 Å². The Kier molecular flexibility index (Phi) is 5.12. The van der Waals surface area contributed by atoms with Crippen LogP contribution in [-0.4, -0.2) is 19.0 Å². The van der Waals surface area contributed by atoms with Crippen molar-refractivity contribution in [3.8, 4) is 11.5 Å². The molecule has 0 N–H and O–H groups in total. The van der Waals surface area contributed by atoms with E-state index in [1.807, 2.05) is 0 Å². The molecule has 0 aromatic heterocycles. The molecule has 0 amide bonds. The van der Waals surface area contributed by atoms with E-state index in [1.54, 1.807) is 18.2 Å². The van der Waals surface area contributed by atoms with Crippen molar-refractivity contribution in [1.82, 2.24) is 0 Å². The number of carbonyl (C=O) groups is 1. The molecule has 0 radical (unpaired) electrons. The average molecular weight is 243 g/mol. The molecule has 0 spiro atoms. The Labute approximate surface area is 100 Å². The first kappa shape index (κ1) is 12.8. The van der Waals surface area contributed by atoms with Gasteiger partial charge in [0.1, 0.15) is 11.5 Å². The minimum atomic E-state index is -0.515. The van der Waals surface area contributed by atoms with Crippen LogP contribution in [0, 0.1) is 0 Å². The summed E-state index contributed by atoms with van der Waals surface area (Å²) < 4.78 is 10.5. The number of hydrogen-bond donors (Lipinski definition) is 0. The van der Waals surface area contributed by atoms with Gasteiger partial charge in [0.15, 0.2) is 0 Å². The van der Waals surface area contributed by atoms with Gasteiger partial charge in [-0.15, -0.1) is 0 Å². The topological polar surface area (TPSA) is 35.5 Å². The van der Waals surface area contributed by atoms with Crippen molar-refractivity contribution in [1.29, 1.82) is 0 Å². The Morgan fingerprint density at radius 3 is 2.56 bits per heavy atom. The van der Waals surface area contributed by atoms with Crippen LogP contribution >= 0.6 is 11.6 Å². The SMILES string of the molecule is CCCCOc1cc(OC)cc(C(=O)Cl)c1. The van der Waals surface area contributed by atoms with E-state index in [2.05, 4.69) is 6.92 Å². The lowest BCUT2D eigenvalue weighted by Gasteiger charge is -2.08. The summed E-state index contributed by atoms with van der Waals surface area (Å²) in [5.41, 5.74) is 0.382. The second kappa shape index (κ2) is 6.38. The Morgan fingerprint density at radius 2 is 2.00 bits per heavy atom. The molecule has 3 nitrogen and oxygen atoms in total. The monoisotopic (exact) mass is 242 g/mol. The van der Waals surface area contributed by atoms with Crippen molar-refractivity contribution < 1.29 is 14.3 Å². The summed E-state index contributed by atoms with van der Waals surface area (Å²) in [6, 6.07) is 4.94. The average Bonchev–Trinajstić information content (AvgIpc) is 2.29. The first-order valence-corrected chi connectivity index (χ1v) is 5.57. The lowest BCUT2D eigenvalue weighted by Crippen LogP contribution is -1.99. The van der Waals surface area contributed by atoms with Crippen LogP contribution in [-0.2, 0) is 0 Å². The fourth-order valence-corrected chi connectivity index (χ4v) is 1.33. The van der Waals surface area contributed by atoms with Gasteiger partial charge in [-0.25, -0.2) is 0 Å². The highest BCUT2D eigenvalue weighted by atomic mass is 35.5. The minimum Gasteiger partial charge on any atom is -0.497 e. The maximum atomic E-state index is 11.1. The highest BCUT2D eigenvalue weighted by Gasteiger charge is 2.07. The Hall–Kier alpha value is -1.22. The van der Waals surface area contributed by atoms with Gasteiger partial charge in [-0.1, -0.05) is 13.3 Å². The Balaban J connectivity index is 2.82. The zero-order valence-corrected chi connectivity index (χ0v) is 10.2. The fourth-order valence-electron chi connectivity index (χ4n) is 1.22. The van der Waals surface area contributed by atoms with Crippen molar-refractivity contribution in [3.05, 3.63) is 23.8 Å². The highest BCUT2D eigenvalue weighted by molar-refractivity contribution is 6.67. The van der Waals surface area contributed by atoms with Crippen molar-refractivity contribution in [2.24, 2.45) is 0 Å². The smallest absolute Gasteiger partial charge is 0.252 e. The van der Waals surface area contributed by atoms with Gasteiger partial charge < -0.3 is 9.47 Å². The third-order valence-electron chi connectivity index (χ3n) is 2.11. The quantitative estimate of drug-likeness (QED) is 0.567. The molecule has 0 aliphatic carbocycles. The van der Waals surface area contributed by atoms with Crippen LogP contribution < -0.4 is 9.47 Å². The molecule has 4 heteroatoms. The molecule has 0 bridgehead atoms. The highest BCUT2D eigenvalue weighted by Crippen LogP contribution is 2.23. The first-order chi connectivity index (χ1) is 7.67. The molecule has 0 fully saturated rings. The number of benzene rings is 1. The van der Waals surface area contributed by atoms with E-state index in [0.29, 0.717) is 23.7 Å². The summed E-state index contributed by atoms with van der Waals surface area (Å²) in [5, 5.41) is -0.515. The van der Waals surface area contributed by atoms with Crippen LogP contribution in [0.2, 0.25) is 0 Å². The fraction of sp³-hybridized carbons (Fsp3) is 0.417. The number of halogens is 1. The van der Waals surface area contributed by atoms with E-state index in [-0.39, 0.29) is 0 Å². The number of hydrogen-bond acceptors (Lipinski definition) is 3. The van der Waals surface area contributed by atoms with E-state index in [1.165, 1.54) is 7.11 Å². The van der Waals surface area contributed by atoms with Gasteiger partial charge in [-0.05, 0) is 30.2 Å². The molecule has 0 saturated carbocycles. The molecular formula is C12H15ClO3. The number of unbranched alkanes of at least 4 members (excludes halogenated alkanes) is 1. The second-order valence-corrected chi connectivity index (χ2v) is 3.72. The molecule has 16 heavy (non-hydrogen) atoms. The molecule has 1 rings (SSSR count). The van der Waals surface area contributed by atoms with Gasteiger partial charge >= 0.3 is 0 Å². The van der Waals surface area contributed by atoms with E-state index in [4.69, 9.17) is 21.1 Å². The van der Waals surface area contributed by atoms with Crippen LogP contribution in [0.1, 0.15) is 30.1 Å². The largest absolute Gasteiger partial charge is 0.497 e. The summed E-state index contributed by atoms with van der Waals surface area (Å²) in [5.74, 6) is 1.18. The van der Waals surface area contributed by atoms with Crippen molar-refractivity contribution in [2.75, 3.05) is 13.7 Å². The van der Waals surface area contributed by atoms with E-state index < -0.39 is 5.24 Å². The third-order valence-corrected chi connectivity index (χ3v) is 2.33. The lowest BCUT2D eigenvalue weighted by molar-refractivity contribution is 0.108. The van der Waals surface area contributed by atoms with Crippen LogP contribution in [0.3, 0.4) is 0 Å². The summed E-state index contributed by atoms with van der Waals surface area (Å²) >= 11 is 5.42. The molecule has 0 atom stereocenters. The molecule has 0 unspecified atom stereocenters. The van der Waals surface area contributed by atoms with E-state index >= 15 is 0 Å². The molecule has 88 valence electrons. The second-order valence-electron chi connectivity index (χ2n) is 3.37. The lowest BCUT2D eigenvalue weighted by atomic mass is 10.2. The Morgan fingerprint density at radius 1 is 1.31 bits per heavy atom. The maximum Gasteiger partial charge on any atom is 0.252 e. The summed E-state index contributed by atoms with van der Waals surface area (Å²) in [6.07, 6.45) is 2.03. The molecule has 0 aliphatic rings. The van der Waals surface area contributed by atoms with Crippen LogP contribution in [0.25, 0.3) is 0 Å². The predicted octanol–water partition coefficient (Wildman–Crippen LogP) is 3.25. The number of rotatable bonds is 6. The molecule has 0 aliphatic heterocycles. The number of carbonyl (C=O) groups excluding carboxylic acids is 1. The van der Waals surface area contributed by atoms with Crippen LogP contribution in [0.4, 0.5) is 0 Å². The zero-order chi connectivity index (χ0) is 12.0. The minimum absolute atomic E-state index is 0.382. The van der Waals surface area contributed by atoms with Gasteiger partial charge in [0.25, 0.3) is 5.24 Å². The van der Waals surface area contributed by atoms with Gasteiger partial charge in [-0.2, -0.15) is 0 Å². The number of ether oxygens (including phenoxy) is 2. The molecule has 1 aromatic carbocycles. The van der Waals surface area contributed by atoms with E-state index in [0.717, 1.165) is 12.8 Å². The first-order valence-electron chi connectivity index (χ1n) is 5.19. The summed E-state index contributed by atoms with van der Waals surface area (Å²) in [4.78, 5) is 11.1. The summed E-state index contributed by atoms with van der Waals surface area (Å²) in [6.45, 7) is 2.71. The summed E-state index contributed by atoms with van der Waals surface area (Å²) in [7, 11) is 1.54. The molecule has 1 aromatic rings. The van der Waals surface area contributed by atoms with Gasteiger partial charge in [0.2, 0.25) is 0 Å². The van der Waals surface area contributed by atoms with E-state index in [9.17, 15) is 4.79 Å². The van der Waals surface area contributed by atoms with Crippen molar-refractivity contribution >= 4 is 16.8 Å². The maximum absolute atomic E-state index is 11.1. The predicted molar refractivity (Wildman–Crippen MR) is 63.6 cm³/mol. The third kappa shape index (κ3) is 3.74. The normalized spacial score (nSPS) is 9.94. The van der Waals surface area contributed by atoms with Crippen molar-refractivity contribution in [2.45, 2.75) is 19.8 Å². The molecule has 0 saturated heterocycles. The molecule has 0 heterocycles.